The second-order valence-corrected chi connectivity index (χ2v) is 19.3. The van der Waals surface area contributed by atoms with Crippen LogP contribution in [0.25, 0.3) is 0 Å². The van der Waals surface area contributed by atoms with E-state index in [1.54, 1.807) is 6.08 Å². The molecule has 0 aromatic rings. The Morgan fingerprint density at radius 1 is 0.939 bits per heavy atom. The van der Waals surface area contributed by atoms with Gasteiger partial charge in [-0.3, -0.25) is 4.79 Å². The van der Waals surface area contributed by atoms with E-state index in [4.69, 9.17) is 0 Å². The van der Waals surface area contributed by atoms with Crippen LogP contribution in [-0.4, -0.2) is 16.5 Å². The summed E-state index contributed by atoms with van der Waals surface area (Å²) >= 11 is 0. The first-order valence-electron chi connectivity index (χ1n) is 20.4. The number of hydrogen-bond donors (Lipinski definition) is 1. The van der Waals surface area contributed by atoms with E-state index in [2.05, 4.69) is 86.6 Å². The molecule has 2 nitrogen and oxygen atoms in total. The third-order valence-electron chi connectivity index (χ3n) is 15.0. The van der Waals surface area contributed by atoms with Crippen LogP contribution in [0.2, 0.25) is 0 Å². The van der Waals surface area contributed by atoms with Crippen molar-refractivity contribution < 1.29 is 9.90 Å². The molecule has 49 heavy (non-hydrogen) atoms. The molecule has 0 heterocycles. The molecule has 1 unspecified atom stereocenters. The third kappa shape index (κ3) is 7.95. The van der Waals surface area contributed by atoms with E-state index in [0.717, 1.165) is 48.0 Å². The van der Waals surface area contributed by atoms with Crippen LogP contribution in [-0.2, 0) is 4.79 Å². The lowest BCUT2D eigenvalue weighted by Gasteiger charge is -2.59. The summed E-state index contributed by atoms with van der Waals surface area (Å²) < 4.78 is 0. The van der Waals surface area contributed by atoms with E-state index >= 15 is 0 Å². The highest BCUT2D eigenvalue weighted by atomic mass is 16.3. The van der Waals surface area contributed by atoms with Crippen molar-refractivity contribution in [1.29, 1.82) is 0 Å². The van der Waals surface area contributed by atoms with Gasteiger partial charge in [-0.05, 0) is 154 Å². The molecule has 5 rings (SSSR count). The van der Waals surface area contributed by atoms with Gasteiger partial charge in [0.2, 0.25) is 0 Å². The van der Waals surface area contributed by atoms with Gasteiger partial charge in [0, 0.05) is 6.42 Å². The van der Waals surface area contributed by atoms with Crippen LogP contribution in [0.5, 0.6) is 0 Å². The van der Waals surface area contributed by atoms with Crippen molar-refractivity contribution in [3.8, 4) is 0 Å². The topological polar surface area (TPSA) is 37.3 Å². The van der Waals surface area contributed by atoms with Crippen LogP contribution in [0.4, 0.5) is 0 Å². The van der Waals surface area contributed by atoms with Crippen LogP contribution >= 0.6 is 0 Å². The van der Waals surface area contributed by atoms with Gasteiger partial charge in [-0.15, -0.1) is 0 Å². The molecular weight excluding hydrogens is 597 g/mol. The predicted octanol–water partition coefficient (Wildman–Crippen LogP) is 12.9. The van der Waals surface area contributed by atoms with Gasteiger partial charge >= 0.3 is 0 Å². The van der Waals surface area contributed by atoms with Crippen molar-refractivity contribution in [2.24, 2.45) is 51.8 Å². The Morgan fingerprint density at radius 3 is 2.41 bits per heavy atom. The Morgan fingerprint density at radius 2 is 1.69 bits per heavy atom. The average molecular weight is 669 g/mol. The van der Waals surface area contributed by atoms with Gasteiger partial charge in [0.15, 0.2) is 5.78 Å². The molecule has 2 heteroatoms. The molecule has 0 radical (unpaired) electrons. The second-order valence-electron chi connectivity index (χ2n) is 19.3. The van der Waals surface area contributed by atoms with Gasteiger partial charge in [-0.2, -0.15) is 0 Å². The Bertz CT molecular complexity index is 1410. The number of allylic oxidation sites excluding steroid dienone is 10. The van der Waals surface area contributed by atoms with Crippen LogP contribution in [0, 0.1) is 51.8 Å². The Labute approximate surface area is 301 Å². The third-order valence-corrected chi connectivity index (χ3v) is 15.0. The van der Waals surface area contributed by atoms with Gasteiger partial charge < -0.3 is 5.11 Å². The predicted molar refractivity (Wildman–Crippen MR) is 209 cm³/mol. The van der Waals surface area contributed by atoms with Gasteiger partial charge in [-0.1, -0.05) is 121 Å². The average Bonchev–Trinajstić information content (AvgIpc) is 3.38. The van der Waals surface area contributed by atoms with E-state index in [9.17, 15) is 9.90 Å². The zero-order chi connectivity index (χ0) is 35.8. The summed E-state index contributed by atoms with van der Waals surface area (Å²) in [5, 5.41) is 11.8. The molecule has 0 bridgehead atoms. The molecule has 5 aliphatic rings. The Balaban J connectivity index is 1.21. The number of hydrogen-bond acceptors (Lipinski definition) is 2. The Hall–Kier alpha value is -1.93. The normalized spacial score (nSPS) is 37.3. The molecular formula is C47H72O2. The highest BCUT2D eigenvalue weighted by Gasteiger charge is 2.60. The van der Waals surface area contributed by atoms with E-state index < -0.39 is 5.60 Å². The van der Waals surface area contributed by atoms with Gasteiger partial charge in [0.25, 0.3) is 0 Å². The van der Waals surface area contributed by atoms with Crippen molar-refractivity contribution in [2.75, 3.05) is 0 Å². The molecule has 272 valence electrons. The fraction of sp³-hybridized carbons (Fsp3) is 0.723. The zero-order valence-corrected chi connectivity index (χ0v) is 33.3. The fourth-order valence-electron chi connectivity index (χ4n) is 11.9. The minimum Gasteiger partial charge on any atom is -0.381 e. The van der Waals surface area contributed by atoms with Crippen LogP contribution in [0.1, 0.15) is 159 Å². The molecule has 3 fully saturated rings. The van der Waals surface area contributed by atoms with Crippen molar-refractivity contribution in [3.05, 3.63) is 70.4 Å². The molecule has 1 N–H and O–H groups in total. The molecule has 8 atom stereocenters. The number of carbonyl (C=O) groups excluding carboxylic acids is 1. The highest BCUT2D eigenvalue weighted by Crippen LogP contribution is 2.68. The second kappa shape index (κ2) is 15.0. The summed E-state index contributed by atoms with van der Waals surface area (Å²) in [6, 6.07) is 0. The zero-order valence-electron chi connectivity index (χ0n) is 33.3. The standard InChI is InChI=1S/C47H72O2/c1-32(2)14-11-17-36(6)40-23-24-41-38-21-20-37-31-47(49,29-28-45(37,9)42(38)25-27-46(40,41)10)43(48)30-34(4)16-12-15-33(3)19-22-39-35(5)18-13-26-44(39,7)8/h12,15-16,19-20,22,30,32,36,38,40-42,49H,11,13-14,17-18,21,23-29,31H2,1-10H3/t36-,38+,40-,41+,42+,45+,46-,47?/m1/s1. The molecule has 0 aromatic heterocycles. The first-order valence-corrected chi connectivity index (χ1v) is 20.4. The molecule has 3 saturated carbocycles. The van der Waals surface area contributed by atoms with Crippen LogP contribution < -0.4 is 0 Å². The van der Waals surface area contributed by atoms with E-state index in [1.165, 1.54) is 86.5 Å². The summed E-state index contributed by atoms with van der Waals surface area (Å²) in [7, 11) is 0. The molecule has 0 aliphatic heterocycles. The number of carbonyl (C=O) groups is 1. The van der Waals surface area contributed by atoms with Crippen LogP contribution in [0.3, 0.4) is 0 Å². The van der Waals surface area contributed by atoms with Crippen molar-refractivity contribution in [1.82, 2.24) is 0 Å². The number of fused-ring (bicyclic) bond motifs is 5. The van der Waals surface area contributed by atoms with Gasteiger partial charge in [0.05, 0.1) is 0 Å². The molecule has 0 saturated heterocycles. The fourth-order valence-corrected chi connectivity index (χ4v) is 11.9. The monoisotopic (exact) mass is 669 g/mol. The molecule has 5 aliphatic carbocycles. The maximum absolute atomic E-state index is 13.6. The summed E-state index contributed by atoms with van der Waals surface area (Å²) in [4.78, 5) is 13.6. The summed E-state index contributed by atoms with van der Waals surface area (Å²) in [5.41, 5.74) is 6.00. The largest absolute Gasteiger partial charge is 0.381 e. The molecule has 0 spiro atoms. The number of ketones is 1. The molecule has 0 amide bonds. The highest BCUT2D eigenvalue weighted by molar-refractivity contribution is 5.98. The SMILES string of the molecule is CC(C=CC1=C(C)CCCC1(C)C)=CC=CC(C)=CC(=O)C1(O)CC[C@@]2(C)C(=CC[C@H]3[C@@H]4CC[C@H]([C@H](C)CCCC(C)C)[C@@]4(C)CC[C@@H]32)C1. The van der Waals surface area contributed by atoms with Gasteiger partial charge in [-0.25, -0.2) is 0 Å². The minimum atomic E-state index is -1.28. The smallest absolute Gasteiger partial charge is 0.187 e. The Kier molecular flexibility index (Phi) is 11.7. The van der Waals surface area contributed by atoms with Crippen molar-refractivity contribution in [2.45, 2.75) is 165 Å². The minimum absolute atomic E-state index is 0.119. The lowest BCUT2D eigenvalue weighted by Crippen LogP contribution is -2.53. The van der Waals surface area contributed by atoms with Gasteiger partial charge in [0.1, 0.15) is 5.60 Å². The lowest BCUT2D eigenvalue weighted by molar-refractivity contribution is -0.138. The quantitative estimate of drug-likeness (QED) is 0.135. The maximum Gasteiger partial charge on any atom is 0.187 e. The summed E-state index contributed by atoms with van der Waals surface area (Å²) in [5.74, 6) is 4.66. The summed E-state index contributed by atoms with van der Waals surface area (Å²) in [6.07, 6.45) is 31.3. The first kappa shape index (κ1) is 38.3. The number of rotatable bonds is 11. The summed E-state index contributed by atoms with van der Waals surface area (Å²) in [6.45, 7) is 23.5. The first-order chi connectivity index (χ1) is 23.0. The van der Waals surface area contributed by atoms with Crippen molar-refractivity contribution in [3.63, 3.8) is 0 Å². The van der Waals surface area contributed by atoms with Crippen LogP contribution in [0.15, 0.2) is 70.4 Å². The molecule has 0 aromatic carbocycles. The van der Waals surface area contributed by atoms with E-state index in [-0.39, 0.29) is 16.6 Å². The maximum atomic E-state index is 13.6. The van der Waals surface area contributed by atoms with Crippen molar-refractivity contribution >= 4 is 5.78 Å². The lowest BCUT2D eigenvalue weighted by atomic mass is 9.46. The van der Waals surface area contributed by atoms with E-state index in [1.807, 2.05) is 19.1 Å². The number of aliphatic hydroxyl groups is 1. The van der Waals surface area contributed by atoms with E-state index in [0.29, 0.717) is 24.2 Å².